The molecule has 2 N–H and O–H groups in total. The molecule has 0 radical (unpaired) electrons. The molecule has 1 amide bonds. The van der Waals surface area contributed by atoms with Crippen molar-refractivity contribution >= 4 is 28.9 Å². The van der Waals surface area contributed by atoms with Crippen molar-refractivity contribution in [2.75, 3.05) is 74.7 Å². The molecule has 0 aliphatic carbocycles. The van der Waals surface area contributed by atoms with Gasteiger partial charge in [-0.1, -0.05) is 12.6 Å². The van der Waals surface area contributed by atoms with Crippen LogP contribution in [0.1, 0.15) is 6.42 Å². The van der Waals surface area contributed by atoms with Gasteiger partial charge in [0.2, 0.25) is 17.7 Å². The lowest BCUT2D eigenvalue weighted by atomic mass is 10.3. The average molecular weight is 535 g/mol. The van der Waals surface area contributed by atoms with Crippen LogP contribution in [0.15, 0.2) is 55.5 Å². The van der Waals surface area contributed by atoms with Crippen molar-refractivity contribution in [2.24, 2.45) is 0 Å². The summed E-state index contributed by atoms with van der Waals surface area (Å²) in [6.45, 7) is 11.6. The summed E-state index contributed by atoms with van der Waals surface area (Å²) in [6.07, 6.45) is 7.70. The summed E-state index contributed by atoms with van der Waals surface area (Å²) in [7, 11) is 0. The summed E-state index contributed by atoms with van der Waals surface area (Å²) in [5, 5.41) is 10.5. The number of nitrogens with one attached hydrogen (secondary N) is 2. The van der Waals surface area contributed by atoms with E-state index in [0.29, 0.717) is 49.6 Å². The fraction of sp³-hybridized carbons (Fsp3) is 0.407. The number of rotatable bonds is 11. The molecule has 12 nitrogen and oxygen atoms in total. The predicted octanol–water partition coefficient (Wildman–Crippen LogP) is 2.89. The Morgan fingerprint density at radius 3 is 2.64 bits per heavy atom. The van der Waals surface area contributed by atoms with Crippen molar-refractivity contribution in [3.8, 4) is 11.6 Å². The first-order chi connectivity index (χ1) is 19.2. The molecule has 2 saturated heterocycles. The average Bonchev–Trinajstić information content (AvgIpc) is 3.41. The Labute approximate surface area is 227 Å². The van der Waals surface area contributed by atoms with Gasteiger partial charge >= 0.3 is 0 Å². The van der Waals surface area contributed by atoms with Crippen LogP contribution in [0, 0.1) is 0 Å². The fourth-order valence-corrected chi connectivity index (χ4v) is 4.42. The van der Waals surface area contributed by atoms with Crippen LogP contribution in [0.5, 0.6) is 11.6 Å². The summed E-state index contributed by atoms with van der Waals surface area (Å²) in [6, 6.07) is 7.13. The number of nitrogens with zero attached hydrogens (tertiary/aromatic N) is 6. The number of hydrogen-bond acceptors (Lipinski definition) is 10. The van der Waals surface area contributed by atoms with E-state index in [1.807, 2.05) is 16.9 Å². The second-order valence-corrected chi connectivity index (χ2v) is 9.23. The first kappa shape index (κ1) is 26.6. The molecule has 0 atom stereocenters. The molecule has 5 rings (SSSR count). The minimum absolute atomic E-state index is 0.295. The third-order valence-corrected chi connectivity index (χ3v) is 6.44. The van der Waals surface area contributed by atoms with Gasteiger partial charge in [-0.15, -0.1) is 0 Å². The van der Waals surface area contributed by atoms with Crippen molar-refractivity contribution in [1.29, 1.82) is 0 Å². The number of amides is 1. The summed E-state index contributed by atoms with van der Waals surface area (Å²) in [5.74, 6) is 1.03. The van der Waals surface area contributed by atoms with Crippen molar-refractivity contribution in [2.45, 2.75) is 13.0 Å². The molecule has 1 aromatic carbocycles. The summed E-state index contributed by atoms with van der Waals surface area (Å²) < 4.78 is 19.1. The number of ether oxygens (including phenoxy) is 3. The first-order valence-electron chi connectivity index (χ1n) is 13.2. The van der Waals surface area contributed by atoms with Gasteiger partial charge in [-0.3, -0.25) is 14.4 Å². The van der Waals surface area contributed by atoms with Gasteiger partial charge in [-0.25, -0.2) is 4.98 Å². The van der Waals surface area contributed by atoms with E-state index in [9.17, 15) is 4.79 Å². The zero-order chi connectivity index (χ0) is 26.9. The quantitative estimate of drug-likeness (QED) is 0.356. The number of hydrogen-bond donors (Lipinski definition) is 2. The second-order valence-electron chi connectivity index (χ2n) is 9.23. The molecule has 0 saturated carbocycles. The van der Waals surface area contributed by atoms with Crippen LogP contribution in [-0.4, -0.2) is 89.7 Å². The molecule has 4 heterocycles. The van der Waals surface area contributed by atoms with E-state index < -0.39 is 0 Å². The van der Waals surface area contributed by atoms with Gasteiger partial charge in [0.05, 0.1) is 44.5 Å². The molecular weight excluding hydrogens is 500 g/mol. The highest BCUT2D eigenvalue weighted by molar-refractivity contribution is 5.98. The third kappa shape index (κ3) is 7.53. The number of anilines is 4. The topological polar surface area (TPSA) is 119 Å². The number of morpholine rings is 2. The highest BCUT2D eigenvalue weighted by Crippen LogP contribution is 2.33. The van der Waals surface area contributed by atoms with Crippen LogP contribution in [0.2, 0.25) is 0 Å². The van der Waals surface area contributed by atoms with Gasteiger partial charge in [-0.05, 0) is 24.6 Å². The Balaban J connectivity index is 1.28. The maximum Gasteiger partial charge on any atom is 0.248 e. The van der Waals surface area contributed by atoms with E-state index >= 15 is 0 Å². The summed E-state index contributed by atoms with van der Waals surface area (Å²) in [4.78, 5) is 25.5. The highest BCUT2D eigenvalue weighted by atomic mass is 16.5. The number of aromatic nitrogens is 4. The molecule has 12 heteroatoms. The van der Waals surface area contributed by atoms with Crippen molar-refractivity contribution in [1.82, 2.24) is 24.6 Å². The zero-order valence-corrected chi connectivity index (χ0v) is 21.9. The van der Waals surface area contributed by atoms with Crippen molar-refractivity contribution in [3.05, 3.63) is 55.5 Å². The largest absolute Gasteiger partial charge is 0.437 e. The van der Waals surface area contributed by atoms with E-state index in [1.54, 1.807) is 30.6 Å². The highest BCUT2D eigenvalue weighted by Gasteiger charge is 2.19. The lowest BCUT2D eigenvalue weighted by molar-refractivity contribution is -0.111. The van der Waals surface area contributed by atoms with Gasteiger partial charge < -0.3 is 29.7 Å². The fourth-order valence-electron chi connectivity index (χ4n) is 4.42. The predicted molar refractivity (Wildman–Crippen MR) is 148 cm³/mol. The molecule has 206 valence electrons. The van der Waals surface area contributed by atoms with Gasteiger partial charge in [0.25, 0.3) is 0 Å². The zero-order valence-electron chi connectivity index (χ0n) is 21.9. The number of benzene rings is 1. The molecule has 2 aliphatic rings. The number of carbonyl (C=O) groups excluding carboxylic acids is 1. The summed E-state index contributed by atoms with van der Waals surface area (Å²) >= 11 is 0. The smallest absolute Gasteiger partial charge is 0.248 e. The lowest BCUT2D eigenvalue weighted by Crippen LogP contribution is -2.37. The van der Waals surface area contributed by atoms with E-state index in [0.717, 1.165) is 57.2 Å². The normalized spacial score (nSPS) is 16.1. The van der Waals surface area contributed by atoms with E-state index in [2.05, 4.69) is 37.1 Å². The van der Waals surface area contributed by atoms with Gasteiger partial charge in [-0.2, -0.15) is 10.1 Å². The third-order valence-electron chi connectivity index (χ3n) is 6.44. The molecule has 2 aromatic heterocycles. The van der Waals surface area contributed by atoms with E-state index in [1.165, 1.54) is 6.08 Å². The maximum absolute atomic E-state index is 11.7. The molecule has 39 heavy (non-hydrogen) atoms. The van der Waals surface area contributed by atoms with Crippen LogP contribution >= 0.6 is 0 Å². The van der Waals surface area contributed by atoms with Gasteiger partial charge in [0.1, 0.15) is 11.4 Å². The van der Waals surface area contributed by atoms with E-state index in [-0.39, 0.29) is 5.91 Å². The maximum atomic E-state index is 11.7. The Bertz CT molecular complexity index is 1250. The Kier molecular flexibility index (Phi) is 8.99. The number of carbonyl (C=O) groups is 1. The van der Waals surface area contributed by atoms with Crippen molar-refractivity contribution < 1.29 is 19.0 Å². The molecular formula is C27H34N8O4. The van der Waals surface area contributed by atoms with Crippen LogP contribution in [-0.2, 0) is 20.8 Å². The minimum atomic E-state index is -0.295. The van der Waals surface area contributed by atoms with Crippen LogP contribution < -0.4 is 20.3 Å². The van der Waals surface area contributed by atoms with Crippen molar-refractivity contribution in [3.63, 3.8) is 0 Å². The lowest BCUT2D eigenvalue weighted by Gasteiger charge is -2.29. The Morgan fingerprint density at radius 2 is 1.85 bits per heavy atom. The van der Waals surface area contributed by atoms with Gasteiger partial charge in [0, 0.05) is 57.2 Å². The molecule has 0 spiro atoms. The summed E-state index contributed by atoms with van der Waals surface area (Å²) in [5.41, 5.74) is 2.16. The SMILES string of the molecule is C=CC(=O)Nc1cccc(Oc2nc(Nc3cnn(CCCN4CCOCC4)c3)ncc2N2CCOCC2)c1. The standard InChI is InChI=1S/C27H34N8O4/c1-2-25(36)30-21-5-3-6-23(17-21)39-26-24(34-11-15-38-16-12-34)19-28-27(32-26)31-22-18-29-35(20-22)8-4-7-33-9-13-37-14-10-33/h2-3,5-6,17-20H,1,4,7-16H2,(H,30,36)(H,28,31,32). The van der Waals surface area contributed by atoms with Gasteiger partial charge in [0.15, 0.2) is 0 Å². The molecule has 0 unspecified atom stereocenters. The van der Waals surface area contributed by atoms with Crippen LogP contribution in [0.25, 0.3) is 0 Å². The molecule has 0 bridgehead atoms. The van der Waals surface area contributed by atoms with Crippen LogP contribution in [0.4, 0.5) is 23.0 Å². The van der Waals surface area contributed by atoms with E-state index in [4.69, 9.17) is 19.2 Å². The second kappa shape index (κ2) is 13.2. The number of aryl methyl sites for hydroxylation is 1. The first-order valence-corrected chi connectivity index (χ1v) is 13.2. The van der Waals surface area contributed by atoms with Crippen LogP contribution in [0.3, 0.4) is 0 Å². The molecule has 3 aromatic rings. The minimum Gasteiger partial charge on any atom is -0.437 e. The molecule has 2 aliphatic heterocycles. The Hall–Kier alpha value is -4.00. The molecule has 2 fully saturated rings. The monoisotopic (exact) mass is 534 g/mol. The Morgan fingerprint density at radius 1 is 1.05 bits per heavy atom.